The van der Waals surface area contributed by atoms with Crippen molar-refractivity contribution in [3.05, 3.63) is 58.7 Å². The van der Waals surface area contributed by atoms with E-state index in [2.05, 4.69) is 15.3 Å². The molecule has 0 spiro atoms. The van der Waals surface area contributed by atoms with Gasteiger partial charge >= 0.3 is 5.97 Å². The number of benzene rings is 2. The quantitative estimate of drug-likeness (QED) is 0.751. The minimum atomic E-state index is -0.979. The van der Waals surface area contributed by atoms with Gasteiger partial charge in [-0.15, -0.1) is 0 Å². The summed E-state index contributed by atoms with van der Waals surface area (Å²) < 4.78 is 1.99. The molecular weight excluding hydrogens is 328 g/mol. The van der Waals surface area contributed by atoms with Crippen LogP contribution in [0.3, 0.4) is 0 Å². The minimum absolute atomic E-state index is 0.201. The number of hydrogen-bond acceptors (Lipinski definition) is 4. The Hall–Kier alpha value is -2.86. The number of rotatable bonds is 2. The monoisotopic (exact) mass is 340 g/mol. The van der Waals surface area contributed by atoms with Crippen molar-refractivity contribution in [1.82, 2.24) is 9.55 Å². The number of halogens is 1. The number of hydrogen-bond donors (Lipinski definition) is 2. The zero-order valence-corrected chi connectivity index (χ0v) is 13.3. The number of carboxylic acid groups (broad SMARTS) is 1. The minimum Gasteiger partial charge on any atom is -0.478 e. The van der Waals surface area contributed by atoms with Crippen LogP contribution in [0.2, 0.25) is 5.02 Å². The van der Waals surface area contributed by atoms with Crippen LogP contribution in [0.25, 0.3) is 10.9 Å². The van der Waals surface area contributed by atoms with Crippen molar-refractivity contribution in [2.45, 2.75) is 6.54 Å². The van der Waals surface area contributed by atoms with Crippen molar-refractivity contribution in [3.8, 4) is 0 Å². The van der Waals surface area contributed by atoms with Crippen LogP contribution in [0.1, 0.15) is 10.4 Å². The van der Waals surface area contributed by atoms with Gasteiger partial charge in [0, 0.05) is 23.5 Å². The first-order valence-corrected chi connectivity index (χ1v) is 7.82. The smallest absolute Gasteiger partial charge is 0.335 e. The number of nitrogens with one attached hydrogen (secondary N) is 1. The first-order valence-electron chi connectivity index (χ1n) is 7.44. The molecule has 2 N–H and O–H groups in total. The molecule has 0 radical (unpaired) electrons. The Bertz CT molecular complexity index is 1040. The lowest BCUT2D eigenvalue weighted by atomic mass is 10.1. The second-order valence-corrected chi connectivity index (χ2v) is 5.90. The zero-order valence-electron chi connectivity index (χ0n) is 12.5. The highest BCUT2D eigenvalue weighted by atomic mass is 35.5. The maximum absolute atomic E-state index is 11.2. The van der Waals surface area contributed by atoms with Crippen molar-refractivity contribution in [1.29, 1.82) is 0 Å². The van der Waals surface area contributed by atoms with E-state index in [1.807, 2.05) is 16.7 Å². The molecule has 0 atom stereocenters. The second-order valence-electron chi connectivity index (χ2n) is 5.47. The van der Waals surface area contributed by atoms with Gasteiger partial charge in [-0.2, -0.15) is 0 Å². The number of carbonyl (C=O) groups is 1. The van der Waals surface area contributed by atoms with Crippen LogP contribution in [0.5, 0.6) is 0 Å². The fourth-order valence-corrected chi connectivity index (χ4v) is 2.99. The van der Waals surface area contributed by atoms with Gasteiger partial charge in [0.1, 0.15) is 5.82 Å². The summed E-state index contributed by atoms with van der Waals surface area (Å²) in [5.41, 5.74) is 2.01. The molecule has 0 unspecified atom stereocenters. The summed E-state index contributed by atoms with van der Waals surface area (Å²) in [6, 6.07) is 12.1. The van der Waals surface area contributed by atoms with Gasteiger partial charge in [-0.05, 0) is 36.4 Å². The third kappa shape index (κ3) is 2.51. The zero-order chi connectivity index (χ0) is 16.7. The van der Waals surface area contributed by atoms with Gasteiger partial charge < -0.3 is 10.4 Å². The molecule has 0 bridgehead atoms. The lowest BCUT2D eigenvalue weighted by molar-refractivity contribution is 0.0697. The summed E-state index contributed by atoms with van der Waals surface area (Å²) in [6.45, 7) is 1.53. The summed E-state index contributed by atoms with van der Waals surface area (Å²) in [6.07, 6.45) is 0. The lowest BCUT2D eigenvalue weighted by Gasteiger charge is -2.09. The van der Waals surface area contributed by atoms with Gasteiger partial charge in [-0.3, -0.25) is 4.57 Å². The highest BCUT2D eigenvalue weighted by molar-refractivity contribution is 6.30. The number of nitrogens with zero attached hydrogens (tertiary/aromatic N) is 3. The number of aromatic nitrogens is 2. The standard InChI is InChI=1S/C17H13ClN4O2/c18-11-2-1-3-12(9-11)20-17-21-14-8-10(16(23)24)4-5-13(14)15-19-6-7-22(15)17/h1-5,8-9,19H,6-7H2,(H,23,24). The summed E-state index contributed by atoms with van der Waals surface area (Å²) >= 11 is 6.01. The Morgan fingerprint density at radius 1 is 1.29 bits per heavy atom. The number of carboxylic acids is 1. The van der Waals surface area contributed by atoms with Crippen LogP contribution in [0.15, 0.2) is 47.5 Å². The van der Waals surface area contributed by atoms with Gasteiger partial charge in [-0.1, -0.05) is 17.7 Å². The average molecular weight is 341 g/mol. The molecule has 2 heterocycles. The van der Waals surface area contributed by atoms with E-state index in [9.17, 15) is 9.90 Å². The van der Waals surface area contributed by atoms with Gasteiger partial charge in [0.2, 0.25) is 5.62 Å². The van der Waals surface area contributed by atoms with Crippen molar-refractivity contribution >= 4 is 40.0 Å². The van der Waals surface area contributed by atoms with Crippen molar-refractivity contribution < 1.29 is 9.90 Å². The molecular formula is C17H13ClN4O2. The van der Waals surface area contributed by atoms with Crippen LogP contribution in [0, 0.1) is 0 Å². The Balaban J connectivity index is 2.00. The Morgan fingerprint density at radius 3 is 2.96 bits per heavy atom. The SMILES string of the molecule is O=C(O)c1ccc2c3n(c(=Nc4cccc(Cl)c4)nc2c1)CCN3. The molecule has 0 fully saturated rings. The largest absolute Gasteiger partial charge is 0.478 e. The molecule has 0 aliphatic carbocycles. The Morgan fingerprint density at radius 2 is 2.17 bits per heavy atom. The fourth-order valence-electron chi connectivity index (χ4n) is 2.81. The molecule has 6 nitrogen and oxygen atoms in total. The molecule has 0 saturated heterocycles. The predicted octanol–water partition coefficient (Wildman–Crippen LogP) is 3.05. The average Bonchev–Trinajstić information content (AvgIpc) is 3.04. The highest BCUT2D eigenvalue weighted by Gasteiger charge is 2.16. The van der Waals surface area contributed by atoms with Crippen LogP contribution < -0.4 is 10.9 Å². The molecule has 1 aromatic heterocycles. The van der Waals surface area contributed by atoms with Gasteiger partial charge in [0.25, 0.3) is 0 Å². The number of anilines is 1. The Labute approximate surface area is 142 Å². The highest BCUT2D eigenvalue weighted by Crippen LogP contribution is 2.24. The van der Waals surface area contributed by atoms with Gasteiger partial charge in [-0.25, -0.2) is 14.8 Å². The summed E-state index contributed by atoms with van der Waals surface area (Å²) in [5.74, 6) is -0.0779. The van der Waals surface area contributed by atoms with Crippen molar-refractivity contribution in [3.63, 3.8) is 0 Å². The molecule has 7 heteroatoms. The van der Waals surface area contributed by atoms with Crippen molar-refractivity contribution in [2.24, 2.45) is 4.99 Å². The lowest BCUT2D eigenvalue weighted by Crippen LogP contribution is -2.22. The van der Waals surface area contributed by atoms with E-state index >= 15 is 0 Å². The molecule has 4 rings (SSSR count). The van der Waals surface area contributed by atoms with E-state index in [-0.39, 0.29) is 5.56 Å². The number of fused-ring (bicyclic) bond motifs is 3. The summed E-state index contributed by atoms with van der Waals surface area (Å²) in [4.78, 5) is 20.3. The third-order valence-electron chi connectivity index (χ3n) is 3.90. The van der Waals surface area contributed by atoms with Crippen molar-refractivity contribution in [2.75, 3.05) is 11.9 Å². The molecule has 1 aliphatic rings. The molecule has 1 aliphatic heterocycles. The summed E-state index contributed by atoms with van der Waals surface area (Å²) in [5, 5.41) is 14.0. The van der Waals surface area contributed by atoms with Crippen LogP contribution in [-0.4, -0.2) is 27.2 Å². The maximum Gasteiger partial charge on any atom is 0.335 e. The molecule has 2 aromatic carbocycles. The molecule has 3 aromatic rings. The van der Waals surface area contributed by atoms with E-state index in [0.717, 1.165) is 24.3 Å². The number of aromatic carboxylic acids is 1. The second kappa shape index (κ2) is 5.65. The van der Waals surface area contributed by atoms with Crippen LogP contribution in [0.4, 0.5) is 11.5 Å². The van der Waals surface area contributed by atoms with Crippen LogP contribution >= 0.6 is 11.6 Å². The molecule has 24 heavy (non-hydrogen) atoms. The maximum atomic E-state index is 11.2. The Kier molecular flexibility index (Phi) is 3.46. The molecule has 0 saturated carbocycles. The topological polar surface area (TPSA) is 79.5 Å². The van der Waals surface area contributed by atoms with E-state index in [4.69, 9.17) is 11.6 Å². The predicted molar refractivity (Wildman–Crippen MR) is 91.9 cm³/mol. The van der Waals surface area contributed by atoms with Crippen LogP contribution in [-0.2, 0) is 6.54 Å². The van der Waals surface area contributed by atoms with E-state index < -0.39 is 5.97 Å². The first-order chi connectivity index (χ1) is 11.6. The third-order valence-corrected chi connectivity index (χ3v) is 4.13. The summed E-state index contributed by atoms with van der Waals surface area (Å²) in [7, 11) is 0. The normalized spacial score (nSPS) is 13.8. The van der Waals surface area contributed by atoms with E-state index in [1.54, 1.807) is 30.3 Å². The fraction of sp³-hybridized carbons (Fsp3) is 0.118. The van der Waals surface area contributed by atoms with E-state index in [0.29, 0.717) is 21.8 Å². The van der Waals surface area contributed by atoms with Gasteiger partial charge in [0.05, 0.1) is 16.8 Å². The first kappa shape index (κ1) is 14.7. The molecule has 120 valence electrons. The van der Waals surface area contributed by atoms with Gasteiger partial charge in [0.15, 0.2) is 0 Å². The molecule has 0 amide bonds. The van der Waals surface area contributed by atoms with E-state index in [1.165, 1.54) is 0 Å².